The Labute approximate surface area is 78.4 Å². The first kappa shape index (κ1) is 14.7. The lowest BCUT2D eigenvalue weighted by atomic mass is 10.3. The number of amides is 1. The summed E-state index contributed by atoms with van der Waals surface area (Å²) >= 11 is 0. The third-order valence-electron chi connectivity index (χ3n) is 1.01. The van der Waals surface area contributed by atoms with Crippen LogP contribution in [-0.2, 0) is 9.36 Å². The lowest BCUT2D eigenvalue weighted by Crippen LogP contribution is -2.21. The molecule has 1 amide bonds. The van der Waals surface area contributed by atoms with Crippen LogP contribution in [0.15, 0.2) is 12.7 Å². The molecule has 0 unspecified atom stereocenters. The summed E-state index contributed by atoms with van der Waals surface area (Å²) in [4.78, 5) is 24.7. The molecular weight excluding hydrogens is 193 g/mol. The van der Waals surface area contributed by atoms with Gasteiger partial charge in [0.25, 0.3) is 0 Å². The molecule has 76 valence electrons. The van der Waals surface area contributed by atoms with E-state index < -0.39 is 8.25 Å². The van der Waals surface area contributed by atoms with E-state index in [2.05, 4.69) is 18.8 Å². The molecule has 0 saturated carbocycles. The zero-order valence-corrected chi connectivity index (χ0v) is 8.46. The van der Waals surface area contributed by atoms with Crippen molar-refractivity contribution in [1.29, 1.82) is 0 Å². The first-order valence-electron chi connectivity index (χ1n) is 3.79. The molecule has 5 nitrogen and oxygen atoms in total. The number of hydrogen-bond acceptors (Lipinski definition) is 2. The van der Waals surface area contributed by atoms with Crippen molar-refractivity contribution in [2.45, 2.75) is 19.8 Å². The molecule has 0 aromatic carbocycles. The molecule has 6 heteroatoms. The van der Waals surface area contributed by atoms with E-state index in [0.29, 0.717) is 0 Å². The third kappa shape index (κ3) is 24.6. The summed E-state index contributed by atoms with van der Waals surface area (Å²) in [5.41, 5.74) is 0. The van der Waals surface area contributed by atoms with Gasteiger partial charge in [0, 0.05) is 11.1 Å². The minimum absolute atomic E-state index is 0.0801. The smallest absolute Gasteiger partial charge is 0.353 e. The van der Waals surface area contributed by atoms with Gasteiger partial charge in [0.05, 0.1) is 0 Å². The molecule has 0 saturated heterocycles. The van der Waals surface area contributed by atoms with Crippen LogP contribution in [0.3, 0.4) is 0 Å². The zero-order valence-electron chi connectivity index (χ0n) is 7.56. The maximum Gasteiger partial charge on any atom is 0.692 e. The molecule has 0 radical (unpaired) electrons. The van der Waals surface area contributed by atoms with E-state index in [4.69, 9.17) is 14.4 Å². The van der Waals surface area contributed by atoms with Crippen LogP contribution in [0, 0.1) is 0 Å². The summed E-state index contributed by atoms with van der Waals surface area (Å²) in [6.07, 6.45) is 3.44. The lowest BCUT2D eigenvalue weighted by Gasteiger charge is -1.97. The first-order chi connectivity index (χ1) is 6.04. The SMILES string of the molecule is C=CC(=O)NCCCC.O=[P+](O)O. The van der Waals surface area contributed by atoms with Crippen LogP contribution in [0.25, 0.3) is 0 Å². The average Bonchev–Trinajstić information content (AvgIpc) is 2.03. The topological polar surface area (TPSA) is 86.6 Å². The molecule has 3 N–H and O–H groups in total. The number of carbonyl (C=O) groups excluding carboxylic acids is 1. The van der Waals surface area contributed by atoms with Crippen LogP contribution in [0.4, 0.5) is 0 Å². The Morgan fingerprint density at radius 3 is 2.38 bits per heavy atom. The second kappa shape index (κ2) is 11.2. The summed E-state index contributed by atoms with van der Waals surface area (Å²) in [7, 11) is -2.87. The Hall–Kier alpha value is -0.770. The van der Waals surface area contributed by atoms with E-state index in [0.717, 1.165) is 19.4 Å². The third-order valence-corrected chi connectivity index (χ3v) is 1.01. The number of nitrogens with one attached hydrogen (secondary N) is 1. The van der Waals surface area contributed by atoms with Gasteiger partial charge >= 0.3 is 8.25 Å². The van der Waals surface area contributed by atoms with Crippen LogP contribution >= 0.6 is 8.25 Å². The minimum Gasteiger partial charge on any atom is -0.353 e. The highest BCUT2D eigenvalue weighted by molar-refractivity contribution is 7.30. The Morgan fingerprint density at radius 2 is 2.08 bits per heavy atom. The highest BCUT2D eigenvalue weighted by Gasteiger charge is 1.93. The van der Waals surface area contributed by atoms with Gasteiger partial charge in [-0.25, -0.2) is 0 Å². The normalized spacial score (nSPS) is 7.92. The van der Waals surface area contributed by atoms with Gasteiger partial charge in [0.1, 0.15) is 0 Å². The fraction of sp³-hybridized carbons (Fsp3) is 0.571. The van der Waals surface area contributed by atoms with Crippen molar-refractivity contribution in [3.63, 3.8) is 0 Å². The quantitative estimate of drug-likeness (QED) is 0.361. The summed E-state index contributed by atoms with van der Waals surface area (Å²) in [5, 5.41) is 2.68. The van der Waals surface area contributed by atoms with Crippen LogP contribution in [0.1, 0.15) is 19.8 Å². The van der Waals surface area contributed by atoms with E-state index in [-0.39, 0.29) is 5.91 Å². The van der Waals surface area contributed by atoms with E-state index in [1.807, 2.05) is 0 Å². The number of hydrogen-bond donors (Lipinski definition) is 3. The standard InChI is InChI=1S/C7H13NO.HO3P/c1-3-5-6-8-7(9)4-2;1-4(2)3/h4H,2-3,5-6H2,1H3,(H,8,9);(H-,1,2,3)/p+1. The van der Waals surface area contributed by atoms with Crippen molar-refractivity contribution in [1.82, 2.24) is 5.32 Å². The van der Waals surface area contributed by atoms with Gasteiger partial charge in [-0.15, -0.1) is 9.79 Å². The average molecular weight is 208 g/mol. The molecule has 0 heterocycles. The van der Waals surface area contributed by atoms with E-state index in [9.17, 15) is 4.79 Å². The second-order valence-electron chi connectivity index (χ2n) is 2.10. The molecule has 13 heavy (non-hydrogen) atoms. The predicted octanol–water partition coefficient (Wildman–Crippen LogP) is 0.717. The number of rotatable bonds is 4. The fourth-order valence-corrected chi connectivity index (χ4v) is 0.461. The van der Waals surface area contributed by atoms with Crippen molar-refractivity contribution < 1.29 is 19.1 Å². The predicted molar refractivity (Wildman–Crippen MR) is 50.2 cm³/mol. The van der Waals surface area contributed by atoms with Gasteiger partial charge in [-0.2, -0.15) is 0 Å². The molecule has 0 aliphatic rings. The van der Waals surface area contributed by atoms with Gasteiger partial charge < -0.3 is 5.32 Å². The Morgan fingerprint density at radius 1 is 1.62 bits per heavy atom. The molecular formula is C7H15NO4P+. The lowest BCUT2D eigenvalue weighted by molar-refractivity contribution is -0.116. The Bertz CT molecular complexity index is 168. The van der Waals surface area contributed by atoms with Gasteiger partial charge in [-0.1, -0.05) is 19.9 Å². The monoisotopic (exact) mass is 208 g/mol. The molecule has 0 fully saturated rings. The van der Waals surface area contributed by atoms with E-state index in [1.54, 1.807) is 0 Å². The molecule has 0 rings (SSSR count). The number of unbranched alkanes of at least 4 members (excludes halogenated alkanes) is 1. The van der Waals surface area contributed by atoms with Crippen molar-refractivity contribution in [2.24, 2.45) is 0 Å². The summed E-state index contributed by atoms with van der Waals surface area (Å²) in [5.74, 6) is -0.0801. The van der Waals surface area contributed by atoms with Crippen LogP contribution < -0.4 is 5.32 Å². The Balaban J connectivity index is 0. The van der Waals surface area contributed by atoms with Crippen molar-refractivity contribution in [2.75, 3.05) is 6.54 Å². The summed E-state index contributed by atoms with van der Waals surface area (Å²) in [6, 6.07) is 0. The summed E-state index contributed by atoms with van der Waals surface area (Å²) < 4.78 is 8.70. The summed E-state index contributed by atoms with van der Waals surface area (Å²) in [6.45, 7) is 6.18. The highest BCUT2D eigenvalue weighted by atomic mass is 31.1. The molecule has 0 atom stereocenters. The molecule has 0 aliphatic heterocycles. The molecule has 0 aromatic heterocycles. The van der Waals surface area contributed by atoms with Gasteiger partial charge in [-0.05, 0) is 12.5 Å². The van der Waals surface area contributed by atoms with Crippen molar-refractivity contribution in [3.05, 3.63) is 12.7 Å². The van der Waals surface area contributed by atoms with Gasteiger partial charge in [0.2, 0.25) is 5.91 Å². The van der Waals surface area contributed by atoms with Gasteiger partial charge in [0.15, 0.2) is 0 Å². The number of carbonyl (C=O) groups is 1. The fourth-order valence-electron chi connectivity index (χ4n) is 0.461. The molecule has 0 bridgehead atoms. The van der Waals surface area contributed by atoms with Crippen molar-refractivity contribution >= 4 is 14.2 Å². The molecule has 0 aliphatic carbocycles. The van der Waals surface area contributed by atoms with Crippen LogP contribution in [0.5, 0.6) is 0 Å². The largest absolute Gasteiger partial charge is 0.692 e. The zero-order chi connectivity index (χ0) is 10.7. The maximum absolute atomic E-state index is 10.5. The van der Waals surface area contributed by atoms with E-state index in [1.165, 1.54) is 6.08 Å². The van der Waals surface area contributed by atoms with E-state index >= 15 is 0 Å². The van der Waals surface area contributed by atoms with Crippen LogP contribution in [-0.4, -0.2) is 22.2 Å². The first-order valence-corrected chi connectivity index (χ1v) is 4.96. The van der Waals surface area contributed by atoms with Crippen molar-refractivity contribution in [3.8, 4) is 0 Å². The molecule has 0 aromatic rings. The minimum atomic E-state index is -2.87. The second-order valence-corrected chi connectivity index (χ2v) is 2.61. The highest BCUT2D eigenvalue weighted by Crippen LogP contribution is 1.98. The van der Waals surface area contributed by atoms with Gasteiger partial charge in [-0.3, -0.25) is 4.79 Å². The molecule has 0 spiro atoms. The maximum atomic E-state index is 10.5. The Kier molecular flexibility index (Phi) is 12.7. The van der Waals surface area contributed by atoms with Crippen LogP contribution in [0.2, 0.25) is 0 Å².